The van der Waals surface area contributed by atoms with Gasteiger partial charge in [-0.1, -0.05) is 181 Å². The molecule has 1 aliphatic rings. The smallest absolute Gasteiger partial charge is 0.160 e. The van der Waals surface area contributed by atoms with Crippen LogP contribution < -0.4 is 0 Å². The van der Waals surface area contributed by atoms with E-state index in [1.165, 1.54) is 154 Å². The van der Waals surface area contributed by atoms with Gasteiger partial charge in [-0.2, -0.15) is 0 Å². The molecular formula is C40H76O5S2. The molecule has 1 fully saturated rings. The molecular weight excluding hydrogens is 625 g/mol. The Kier molecular flexibility index (Phi) is 31.2. The Morgan fingerprint density at radius 2 is 0.915 bits per heavy atom. The molecule has 278 valence electrons. The summed E-state index contributed by atoms with van der Waals surface area (Å²) in [5.41, 5.74) is 0. The highest BCUT2D eigenvalue weighted by atomic mass is 32.1. The van der Waals surface area contributed by atoms with Crippen molar-refractivity contribution in [3.63, 3.8) is 0 Å². The predicted molar refractivity (Wildman–Crippen MR) is 208 cm³/mol. The third kappa shape index (κ3) is 25.3. The molecule has 0 bridgehead atoms. The number of thiocarbonyl (C=S) groups is 2. The Bertz CT molecular complexity index is 721. The lowest BCUT2D eigenvalue weighted by Gasteiger charge is -2.26. The van der Waals surface area contributed by atoms with Gasteiger partial charge in [-0.15, -0.1) is 0 Å². The van der Waals surface area contributed by atoms with E-state index in [1.54, 1.807) is 0 Å². The fourth-order valence-corrected chi connectivity index (χ4v) is 7.17. The number of hydrogen-bond acceptors (Lipinski definition) is 7. The molecule has 0 aromatic heterocycles. The largest absolute Gasteiger partial charge is 0.479 e. The second-order valence-corrected chi connectivity index (χ2v) is 15.1. The Labute approximate surface area is 302 Å². The van der Waals surface area contributed by atoms with Gasteiger partial charge in [0.15, 0.2) is 22.3 Å². The Balaban J connectivity index is 2.04. The van der Waals surface area contributed by atoms with Crippen molar-refractivity contribution in [3.8, 4) is 0 Å². The van der Waals surface area contributed by atoms with Crippen molar-refractivity contribution in [1.82, 2.24) is 0 Å². The number of unbranched alkanes of at least 4 members (excludes halogenated alkanes) is 26. The minimum absolute atomic E-state index is 0.232. The first-order valence-electron chi connectivity index (χ1n) is 20.3. The quantitative estimate of drug-likeness (QED) is 0.0511. The summed E-state index contributed by atoms with van der Waals surface area (Å²) in [5, 5.41) is 21.9. The van der Waals surface area contributed by atoms with Crippen LogP contribution in [-0.4, -0.2) is 57.9 Å². The molecule has 0 unspecified atom stereocenters. The zero-order valence-electron chi connectivity index (χ0n) is 30.9. The maximum atomic E-state index is 10.9. The average molecular weight is 701 g/mol. The number of rotatable bonds is 34. The first-order valence-corrected chi connectivity index (χ1v) is 21.1. The molecule has 5 nitrogen and oxygen atoms in total. The minimum Gasteiger partial charge on any atom is -0.479 e. The maximum absolute atomic E-state index is 10.9. The lowest BCUT2D eigenvalue weighted by molar-refractivity contribution is -0.0615. The van der Waals surface area contributed by atoms with Crippen LogP contribution in [0.25, 0.3) is 0 Å². The zero-order valence-corrected chi connectivity index (χ0v) is 32.5. The van der Waals surface area contributed by atoms with Crippen LogP contribution in [-0.2, 0) is 14.2 Å². The van der Waals surface area contributed by atoms with Crippen molar-refractivity contribution in [2.75, 3.05) is 13.2 Å². The molecule has 47 heavy (non-hydrogen) atoms. The van der Waals surface area contributed by atoms with Crippen molar-refractivity contribution < 1.29 is 24.4 Å². The van der Waals surface area contributed by atoms with Crippen LogP contribution in [0.1, 0.15) is 206 Å². The van der Waals surface area contributed by atoms with Gasteiger partial charge in [0, 0.05) is 12.8 Å². The summed E-state index contributed by atoms with van der Waals surface area (Å²) in [6.45, 7) is 4.52. The molecule has 0 aromatic carbocycles. The van der Waals surface area contributed by atoms with Crippen molar-refractivity contribution in [1.29, 1.82) is 0 Å². The second-order valence-electron chi connectivity index (χ2n) is 14.2. The van der Waals surface area contributed by atoms with Crippen LogP contribution in [0, 0.1) is 0 Å². The van der Waals surface area contributed by atoms with Crippen LogP contribution in [0.2, 0.25) is 0 Å². The molecule has 0 saturated carbocycles. The van der Waals surface area contributed by atoms with Crippen LogP contribution in [0.3, 0.4) is 0 Å². The van der Waals surface area contributed by atoms with Crippen molar-refractivity contribution in [2.45, 2.75) is 231 Å². The highest BCUT2D eigenvalue weighted by Gasteiger charge is 2.43. The topological polar surface area (TPSA) is 68.2 Å². The van der Waals surface area contributed by atoms with Crippen molar-refractivity contribution in [3.05, 3.63) is 0 Å². The van der Waals surface area contributed by atoms with Gasteiger partial charge in [-0.3, -0.25) is 0 Å². The molecule has 0 amide bonds. The van der Waals surface area contributed by atoms with Gasteiger partial charge in [0.2, 0.25) is 0 Å². The normalized spacial score (nSPS) is 18.4. The van der Waals surface area contributed by atoms with Crippen LogP contribution >= 0.6 is 24.4 Å². The van der Waals surface area contributed by atoms with E-state index < -0.39 is 24.4 Å². The SMILES string of the molecule is CCCCCCCCCCCCCCCCC(=S)O[C@@H](CO)[C@H]1OC[C@@H](OC(=S)CCCCCCCCCCCCCCCC)[C@H]1O. The molecule has 2 N–H and O–H groups in total. The zero-order chi connectivity index (χ0) is 34.2. The predicted octanol–water partition coefficient (Wildman–Crippen LogP) is 11.9. The number of aliphatic hydroxyl groups excluding tert-OH is 2. The summed E-state index contributed by atoms with van der Waals surface area (Å²) in [4.78, 5) is 0. The Morgan fingerprint density at radius 1 is 0.574 bits per heavy atom. The summed E-state index contributed by atoms with van der Waals surface area (Å²) in [7, 11) is 0. The van der Waals surface area contributed by atoms with Crippen molar-refractivity contribution in [2.24, 2.45) is 0 Å². The van der Waals surface area contributed by atoms with E-state index in [2.05, 4.69) is 13.8 Å². The minimum atomic E-state index is -0.912. The van der Waals surface area contributed by atoms with E-state index in [1.807, 2.05) is 0 Å². The van der Waals surface area contributed by atoms with E-state index in [9.17, 15) is 10.2 Å². The van der Waals surface area contributed by atoms with E-state index in [0.29, 0.717) is 16.5 Å². The van der Waals surface area contributed by atoms with E-state index >= 15 is 0 Å². The summed E-state index contributed by atoms with van der Waals surface area (Å²) in [5.74, 6) is 0. The van der Waals surface area contributed by atoms with Crippen molar-refractivity contribution >= 4 is 34.5 Å². The van der Waals surface area contributed by atoms with Gasteiger partial charge in [0.1, 0.15) is 12.2 Å². The Morgan fingerprint density at radius 3 is 1.28 bits per heavy atom. The molecule has 1 heterocycles. The number of aliphatic hydroxyl groups is 2. The van der Waals surface area contributed by atoms with Crippen LogP contribution in [0.5, 0.6) is 0 Å². The first kappa shape index (κ1) is 44.7. The highest BCUT2D eigenvalue weighted by Crippen LogP contribution is 2.24. The second kappa shape index (κ2) is 32.8. The highest BCUT2D eigenvalue weighted by molar-refractivity contribution is 7.80. The molecule has 1 aliphatic heterocycles. The third-order valence-corrected chi connectivity index (χ3v) is 10.4. The molecule has 1 rings (SSSR count). The van der Waals surface area contributed by atoms with Gasteiger partial charge in [-0.25, -0.2) is 0 Å². The van der Waals surface area contributed by atoms with E-state index in [-0.39, 0.29) is 13.2 Å². The monoisotopic (exact) mass is 701 g/mol. The lowest BCUT2D eigenvalue weighted by atomic mass is 10.0. The third-order valence-electron chi connectivity index (χ3n) is 9.75. The molecule has 1 saturated heterocycles. The van der Waals surface area contributed by atoms with E-state index in [4.69, 9.17) is 38.6 Å². The standard InChI is InChI=1S/C40H76O5S2/c1-3-5-7-9-11-13-15-17-19-21-23-25-27-29-31-37(46)44-35(33-41)40-39(42)36(34-43-40)45-38(47)32-30-28-26-24-22-20-18-16-14-12-10-8-6-4-2/h35-36,39-42H,3-34H2,1-2H3/t35-,36+,39+,40+/m0/s1. The molecule has 0 radical (unpaired) electrons. The van der Waals surface area contributed by atoms with Crippen LogP contribution in [0.4, 0.5) is 0 Å². The van der Waals surface area contributed by atoms with Crippen LogP contribution in [0.15, 0.2) is 0 Å². The van der Waals surface area contributed by atoms with Gasteiger partial charge in [-0.05, 0) is 37.3 Å². The fourth-order valence-electron chi connectivity index (χ4n) is 6.64. The van der Waals surface area contributed by atoms with Gasteiger partial charge >= 0.3 is 0 Å². The summed E-state index contributed by atoms with van der Waals surface area (Å²) < 4.78 is 17.6. The summed E-state index contributed by atoms with van der Waals surface area (Å²) in [6, 6.07) is 0. The molecule has 0 aromatic rings. The molecule has 0 spiro atoms. The molecule has 7 heteroatoms. The van der Waals surface area contributed by atoms with Gasteiger partial charge < -0.3 is 24.4 Å². The fraction of sp³-hybridized carbons (Fsp3) is 0.950. The van der Waals surface area contributed by atoms with Gasteiger partial charge in [0.25, 0.3) is 0 Å². The number of ether oxygens (including phenoxy) is 3. The average Bonchev–Trinajstić information content (AvgIpc) is 3.42. The maximum Gasteiger partial charge on any atom is 0.160 e. The number of hydrogen-bond donors (Lipinski definition) is 2. The molecule has 0 aliphatic carbocycles. The Hall–Kier alpha value is -0.340. The first-order chi connectivity index (χ1) is 23.0. The summed E-state index contributed by atoms with van der Waals surface area (Å²) >= 11 is 10.9. The summed E-state index contributed by atoms with van der Waals surface area (Å²) in [6.07, 6.45) is 35.6. The molecule has 4 atom stereocenters. The lowest BCUT2D eigenvalue weighted by Crippen LogP contribution is -2.43. The van der Waals surface area contributed by atoms with Gasteiger partial charge in [0.05, 0.1) is 13.2 Å². The van der Waals surface area contributed by atoms with E-state index in [0.717, 1.165) is 32.1 Å².